The quantitative estimate of drug-likeness (QED) is 0.706. The fourth-order valence-corrected chi connectivity index (χ4v) is 1.70. The Morgan fingerprint density at radius 3 is 2.47 bits per heavy atom. The van der Waals surface area contributed by atoms with Crippen molar-refractivity contribution in [1.29, 1.82) is 0 Å². The van der Waals surface area contributed by atoms with Gasteiger partial charge in [0, 0.05) is 0 Å². The van der Waals surface area contributed by atoms with Gasteiger partial charge in [0.2, 0.25) is 0 Å². The molecule has 0 aliphatic carbocycles. The van der Waals surface area contributed by atoms with Crippen LogP contribution in [0.15, 0.2) is 30.8 Å². The van der Waals surface area contributed by atoms with Crippen molar-refractivity contribution in [1.82, 2.24) is 0 Å². The van der Waals surface area contributed by atoms with Gasteiger partial charge in [-0.2, -0.15) is 0 Å². The first kappa shape index (κ1) is 15.4. The summed E-state index contributed by atoms with van der Waals surface area (Å²) in [6.07, 6.45) is 2.49. The van der Waals surface area contributed by atoms with Gasteiger partial charge in [-0.15, -0.1) is 0 Å². The second-order valence-electron chi connectivity index (χ2n) is 4.84. The smallest absolute Gasteiger partial charge is 0.313 e. The van der Waals surface area contributed by atoms with Crippen molar-refractivity contribution in [2.75, 3.05) is 13.7 Å². The Kier molecular flexibility index (Phi) is 5.77. The van der Waals surface area contributed by atoms with Gasteiger partial charge in [-0.05, 0) is 24.5 Å². The first-order valence-electron chi connectivity index (χ1n) is 6.43. The van der Waals surface area contributed by atoms with E-state index in [1.807, 2.05) is 38.1 Å². The van der Waals surface area contributed by atoms with E-state index in [0.717, 1.165) is 11.1 Å². The molecular weight excluding hydrogens is 240 g/mol. The third-order valence-corrected chi connectivity index (χ3v) is 3.36. The van der Waals surface area contributed by atoms with Crippen molar-refractivity contribution < 1.29 is 14.3 Å². The Morgan fingerprint density at radius 1 is 1.37 bits per heavy atom. The minimum Gasteiger partial charge on any atom is -0.469 e. The lowest BCUT2D eigenvalue weighted by molar-refractivity contribution is -0.156. The monoisotopic (exact) mass is 262 g/mol. The van der Waals surface area contributed by atoms with E-state index in [2.05, 4.69) is 6.58 Å². The van der Waals surface area contributed by atoms with Crippen molar-refractivity contribution in [3.05, 3.63) is 42.0 Å². The van der Waals surface area contributed by atoms with E-state index in [9.17, 15) is 4.79 Å². The number of rotatable bonds is 7. The summed E-state index contributed by atoms with van der Waals surface area (Å²) in [4.78, 5) is 11.7. The molecule has 19 heavy (non-hydrogen) atoms. The highest BCUT2D eigenvalue weighted by Crippen LogP contribution is 2.23. The van der Waals surface area contributed by atoms with E-state index >= 15 is 0 Å². The number of benzene rings is 1. The highest BCUT2D eigenvalue weighted by Gasteiger charge is 2.32. The molecule has 0 radical (unpaired) electrons. The lowest BCUT2D eigenvalue weighted by Gasteiger charge is -2.24. The topological polar surface area (TPSA) is 35.5 Å². The molecule has 0 saturated heterocycles. The van der Waals surface area contributed by atoms with Crippen molar-refractivity contribution in [2.24, 2.45) is 5.41 Å². The van der Waals surface area contributed by atoms with Crippen molar-refractivity contribution >= 4 is 12.0 Å². The summed E-state index contributed by atoms with van der Waals surface area (Å²) in [5.41, 5.74) is 1.58. The molecule has 1 atom stereocenters. The third kappa shape index (κ3) is 4.21. The van der Waals surface area contributed by atoms with Crippen LogP contribution in [0, 0.1) is 5.41 Å². The van der Waals surface area contributed by atoms with Gasteiger partial charge >= 0.3 is 5.97 Å². The van der Waals surface area contributed by atoms with Crippen LogP contribution >= 0.6 is 0 Å². The predicted molar refractivity (Wildman–Crippen MR) is 76.6 cm³/mol. The molecule has 104 valence electrons. The lowest BCUT2D eigenvalue weighted by Crippen LogP contribution is -2.33. The standard InChI is InChI=1S/C16H22O3/c1-5-13-7-9-14(10-8-13)11-19-12-16(3,6-2)15(17)18-4/h5,7-10H,1,6,11-12H2,2-4H3. The molecule has 0 saturated carbocycles. The molecule has 1 rings (SSSR count). The van der Waals surface area contributed by atoms with E-state index in [1.165, 1.54) is 7.11 Å². The number of ether oxygens (including phenoxy) is 2. The molecule has 0 N–H and O–H groups in total. The molecule has 0 fully saturated rings. The van der Waals surface area contributed by atoms with Gasteiger partial charge in [-0.3, -0.25) is 4.79 Å². The molecule has 0 aromatic heterocycles. The molecular formula is C16H22O3. The zero-order valence-corrected chi connectivity index (χ0v) is 11.9. The molecule has 0 bridgehead atoms. The van der Waals surface area contributed by atoms with Crippen LogP contribution in [0.4, 0.5) is 0 Å². The van der Waals surface area contributed by atoms with Crippen molar-refractivity contribution in [3.8, 4) is 0 Å². The fourth-order valence-electron chi connectivity index (χ4n) is 1.70. The molecule has 0 amide bonds. The van der Waals surface area contributed by atoms with Gasteiger partial charge in [0.05, 0.1) is 25.7 Å². The second-order valence-corrected chi connectivity index (χ2v) is 4.84. The summed E-state index contributed by atoms with van der Waals surface area (Å²) >= 11 is 0. The average molecular weight is 262 g/mol. The van der Waals surface area contributed by atoms with Gasteiger partial charge in [-0.1, -0.05) is 43.8 Å². The Labute approximate surface area is 115 Å². The van der Waals surface area contributed by atoms with Crippen LogP contribution in [0.25, 0.3) is 6.08 Å². The number of hydrogen-bond acceptors (Lipinski definition) is 3. The lowest BCUT2D eigenvalue weighted by atomic mass is 9.89. The van der Waals surface area contributed by atoms with E-state index in [4.69, 9.17) is 9.47 Å². The zero-order valence-electron chi connectivity index (χ0n) is 11.9. The average Bonchev–Trinajstić information content (AvgIpc) is 2.46. The summed E-state index contributed by atoms with van der Waals surface area (Å²) < 4.78 is 10.5. The molecule has 0 spiro atoms. The van der Waals surface area contributed by atoms with Gasteiger partial charge in [0.1, 0.15) is 0 Å². The highest BCUT2D eigenvalue weighted by molar-refractivity contribution is 5.76. The van der Waals surface area contributed by atoms with E-state index in [0.29, 0.717) is 19.6 Å². The largest absolute Gasteiger partial charge is 0.469 e. The number of carbonyl (C=O) groups is 1. The van der Waals surface area contributed by atoms with E-state index in [1.54, 1.807) is 6.08 Å². The molecule has 1 unspecified atom stereocenters. The summed E-state index contributed by atoms with van der Waals surface area (Å²) in [6, 6.07) is 7.98. The Balaban J connectivity index is 2.52. The number of carbonyl (C=O) groups excluding carboxylic acids is 1. The summed E-state index contributed by atoms with van der Waals surface area (Å²) in [5, 5.41) is 0. The van der Waals surface area contributed by atoms with Crippen LogP contribution < -0.4 is 0 Å². The number of esters is 1. The summed E-state index contributed by atoms with van der Waals surface area (Å²) in [6.45, 7) is 8.38. The van der Waals surface area contributed by atoms with Crippen LogP contribution in [0.1, 0.15) is 31.4 Å². The van der Waals surface area contributed by atoms with Crippen molar-refractivity contribution in [3.63, 3.8) is 0 Å². The maximum Gasteiger partial charge on any atom is 0.313 e. The minimum atomic E-state index is -0.574. The Bertz CT molecular complexity index is 422. The van der Waals surface area contributed by atoms with Gasteiger partial charge in [0.25, 0.3) is 0 Å². The molecule has 1 aromatic rings. The van der Waals surface area contributed by atoms with E-state index in [-0.39, 0.29) is 5.97 Å². The molecule has 0 aliphatic heterocycles. The molecule has 1 aromatic carbocycles. The predicted octanol–water partition coefficient (Wildman–Crippen LogP) is 3.44. The van der Waals surface area contributed by atoms with Crippen LogP contribution in [0.3, 0.4) is 0 Å². The maximum atomic E-state index is 11.7. The molecule has 3 heteroatoms. The normalized spacial score (nSPS) is 13.6. The van der Waals surface area contributed by atoms with Crippen LogP contribution in [0.2, 0.25) is 0 Å². The first-order valence-corrected chi connectivity index (χ1v) is 6.43. The molecule has 0 aliphatic rings. The summed E-state index contributed by atoms with van der Waals surface area (Å²) in [5.74, 6) is -0.225. The van der Waals surface area contributed by atoms with Gasteiger partial charge in [-0.25, -0.2) is 0 Å². The third-order valence-electron chi connectivity index (χ3n) is 3.36. The Hall–Kier alpha value is -1.61. The van der Waals surface area contributed by atoms with Crippen LogP contribution in [-0.4, -0.2) is 19.7 Å². The Morgan fingerprint density at radius 2 is 2.00 bits per heavy atom. The van der Waals surface area contributed by atoms with Gasteiger partial charge in [0.15, 0.2) is 0 Å². The minimum absolute atomic E-state index is 0.225. The number of methoxy groups -OCH3 is 1. The van der Waals surface area contributed by atoms with Gasteiger partial charge < -0.3 is 9.47 Å². The van der Waals surface area contributed by atoms with Crippen LogP contribution in [0.5, 0.6) is 0 Å². The zero-order chi connectivity index (χ0) is 14.3. The molecule has 0 heterocycles. The fraction of sp³-hybridized carbons (Fsp3) is 0.438. The van der Waals surface area contributed by atoms with Crippen molar-refractivity contribution in [2.45, 2.75) is 26.9 Å². The SMILES string of the molecule is C=Cc1ccc(COCC(C)(CC)C(=O)OC)cc1. The summed E-state index contributed by atoms with van der Waals surface area (Å²) in [7, 11) is 1.41. The highest BCUT2D eigenvalue weighted by atomic mass is 16.5. The first-order chi connectivity index (χ1) is 9.05. The maximum absolute atomic E-state index is 11.7. The second kappa shape index (κ2) is 7.10. The molecule has 3 nitrogen and oxygen atoms in total. The van der Waals surface area contributed by atoms with Crippen LogP contribution in [-0.2, 0) is 20.9 Å². The number of hydrogen-bond donors (Lipinski definition) is 0. The van der Waals surface area contributed by atoms with E-state index < -0.39 is 5.41 Å².